The number of rotatable bonds is 4. The van der Waals surface area contributed by atoms with E-state index < -0.39 is 0 Å². The van der Waals surface area contributed by atoms with Crippen molar-refractivity contribution in [2.45, 2.75) is 39.5 Å². The molecule has 0 saturated heterocycles. The number of aromatic nitrogens is 3. The molecule has 0 bridgehead atoms. The molecule has 5 aromatic carbocycles. The zero-order valence-electron chi connectivity index (χ0n) is 26.7. The average molecular weight is 777 g/mol. The van der Waals surface area contributed by atoms with Gasteiger partial charge in [-0.15, -0.1) is 70.9 Å². The van der Waals surface area contributed by atoms with E-state index in [-0.39, 0.29) is 20.1 Å². The van der Waals surface area contributed by atoms with Crippen molar-refractivity contribution in [3.63, 3.8) is 0 Å². The molecule has 7 aromatic rings. The summed E-state index contributed by atoms with van der Waals surface area (Å²) in [7, 11) is 2.15. The third kappa shape index (κ3) is 5.55. The molecule has 0 spiro atoms. The Morgan fingerprint density at radius 2 is 1.46 bits per heavy atom. The van der Waals surface area contributed by atoms with E-state index in [1.165, 1.54) is 38.9 Å². The fourth-order valence-corrected chi connectivity index (χ4v) is 6.28. The van der Waals surface area contributed by atoms with Gasteiger partial charge in [-0.3, -0.25) is 4.57 Å². The Morgan fingerprint density at radius 3 is 2.15 bits per heavy atom. The number of hydrogen-bond donors (Lipinski definition) is 0. The first-order chi connectivity index (χ1) is 21.9. The molecule has 0 aliphatic carbocycles. The number of imidazole rings is 1. The molecule has 228 valence electrons. The van der Waals surface area contributed by atoms with Crippen molar-refractivity contribution in [1.82, 2.24) is 9.55 Å². The normalized spacial score (nSPS) is 11.8. The van der Waals surface area contributed by atoms with Crippen LogP contribution in [0.1, 0.15) is 50.7 Å². The van der Waals surface area contributed by atoms with Crippen LogP contribution in [0.2, 0.25) is 0 Å². The van der Waals surface area contributed by atoms with Gasteiger partial charge in [-0.1, -0.05) is 82.3 Å². The summed E-state index contributed by atoms with van der Waals surface area (Å²) in [6, 6.07) is 44.5. The van der Waals surface area contributed by atoms with Gasteiger partial charge >= 0.3 is 20.1 Å². The number of benzene rings is 5. The molecule has 3 heterocycles. The molecule has 0 radical (unpaired) electrons. The monoisotopic (exact) mass is 777 g/mol. The summed E-state index contributed by atoms with van der Waals surface area (Å²) in [6.07, 6.45) is 5.54. The summed E-state index contributed by atoms with van der Waals surface area (Å²) in [5, 5.41) is 2.32. The standard InChI is InChI=1S/C30H28N3.C11H8N.Ir/c1-19(2)23-12-8-13-24(20(3)4)29(23)32-18-33-28-17-22-11-7-6-10-21(22)16-27(28)31(5)25-14-9-15-26(32)30(25)33;1-2-6-10(7-3-1)11-8-4-5-9-12-11;/h6-16,19-20H,1-5H3;1-6,8-9H;/q2*-1;+3. The molecule has 1 aliphatic rings. The van der Waals surface area contributed by atoms with Crippen LogP contribution in [-0.4, -0.2) is 16.6 Å². The maximum absolute atomic E-state index is 4.22. The van der Waals surface area contributed by atoms with Crippen LogP contribution in [0.5, 0.6) is 0 Å². The number of para-hydroxylation sites is 2. The van der Waals surface area contributed by atoms with Gasteiger partial charge in [-0.2, -0.15) is 0 Å². The first-order valence-corrected chi connectivity index (χ1v) is 15.6. The van der Waals surface area contributed by atoms with Gasteiger partial charge in [0.1, 0.15) is 5.52 Å². The number of fused-ring (bicyclic) bond motifs is 3. The summed E-state index contributed by atoms with van der Waals surface area (Å²) in [5.74, 6) is 0.827. The van der Waals surface area contributed by atoms with E-state index in [1.54, 1.807) is 6.20 Å². The van der Waals surface area contributed by atoms with E-state index in [9.17, 15) is 0 Å². The summed E-state index contributed by atoms with van der Waals surface area (Å²) < 4.78 is 4.50. The van der Waals surface area contributed by atoms with Crippen LogP contribution in [0.25, 0.3) is 44.4 Å². The third-order valence-corrected chi connectivity index (χ3v) is 8.57. The second kappa shape index (κ2) is 13.0. The molecule has 0 amide bonds. The van der Waals surface area contributed by atoms with Crippen molar-refractivity contribution < 1.29 is 24.7 Å². The molecule has 0 unspecified atom stereocenters. The van der Waals surface area contributed by atoms with E-state index >= 15 is 0 Å². The van der Waals surface area contributed by atoms with Crippen LogP contribution in [0.3, 0.4) is 0 Å². The zero-order chi connectivity index (χ0) is 31.1. The van der Waals surface area contributed by atoms with Crippen molar-refractivity contribution in [2.75, 3.05) is 11.9 Å². The zero-order valence-corrected chi connectivity index (χ0v) is 29.1. The van der Waals surface area contributed by atoms with Gasteiger partial charge in [0.05, 0.1) is 11.2 Å². The molecule has 46 heavy (non-hydrogen) atoms. The van der Waals surface area contributed by atoms with Gasteiger partial charge in [0.25, 0.3) is 6.33 Å². The van der Waals surface area contributed by atoms with Crippen LogP contribution >= 0.6 is 0 Å². The van der Waals surface area contributed by atoms with Crippen LogP contribution < -0.4 is 9.47 Å². The Balaban J connectivity index is 0.000000241. The smallest absolute Gasteiger partial charge is 0.390 e. The predicted molar refractivity (Wildman–Crippen MR) is 185 cm³/mol. The van der Waals surface area contributed by atoms with Crippen LogP contribution in [0, 0.1) is 18.5 Å². The van der Waals surface area contributed by atoms with Crippen molar-refractivity contribution in [1.29, 1.82) is 0 Å². The van der Waals surface area contributed by atoms with E-state index in [2.05, 4.69) is 139 Å². The second-order valence-electron chi connectivity index (χ2n) is 12.2. The molecule has 4 nitrogen and oxygen atoms in total. The van der Waals surface area contributed by atoms with E-state index in [0.717, 1.165) is 28.0 Å². The fourth-order valence-electron chi connectivity index (χ4n) is 6.28. The van der Waals surface area contributed by atoms with Crippen molar-refractivity contribution in [2.24, 2.45) is 0 Å². The van der Waals surface area contributed by atoms with Crippen LogP contribution in [0.4, 0.5) is 11.4 Å². The second-order valence-corrected chi connectivity index (χ2v) is 12.2. The summed E-state index contributed by atoms with van der Waals surface area (Å²) >= 11 is 0. The molecule has 1 aliphatic heterocycles. The topological polar surface area (TPSA) is 24.9 Å². The predicted octanol–water partition coefficient (Wildman–Crippen LogP) is 9.54. The van der Waals surface area contributed by atoms with Gasteiger partial charge in [0.2, 0.25) is 0 Å². The van der Waals surface area contributed by atoms with E-state index in [1.807, 2.05) is 42.5 Å². The van der Waals surface area contributed by atoms with Gasteiger partial charge in [0.15, 0.2) is 0 Å². The van der Waals surface area contributed by atoms with Gasteiger partial charge in [0, 0.05) is 24.6 Å². The molecular weight excluding hydrogens is 741 g/mol. The Bertz CT molecular complexity index is 2070. The third-order valence-electron chi connectivity index (χ3n) is 8.57. The Morgan fingerprint density at radius 1 is 0.739 bits per heavy atom. The Kier molecular flexibility index (Phi) is 8.90. The largest absolute Gasteiger partial charge is 3.00 e. The van der Waals surface area contributed by atoms with Crippen LogP contribution in [0.15, 0.2) is 115 Å². The molecule has 0 saturated carbocycles. The molecule has 2 aromatic heterocycles. The molecule has 0 N–H and O–H groups in total. The molecule has 0 atom stereocenters. The molecule has 8 rings (SSSR count). The molecule has 0 fully saturated rings. The maximum atomic E-state index is 4.22. The quantitative estimate of drug-likeness (QED) is 0.132. The van der Waals surface area contributed by atoms with Crippen molar-refractivity contribution in [3.05, 3.63) is 145 Å². The molecular formula is C41H36IrN4+. The summed E-state index contributed by atoms with van der Waals surface area (Å²) in [5.41, 5.74) is 11.7. The van der Waals surface area contributed by atoms with E-state index in [0.29, 0.717) is 11.8 Å². The van der Waals surface area contributed by atoms with Crippen LogP contribution in [-0.2, 0) is 20.1 Å². The van der Waals surface area contributed by atoms with Gasteiger partial charge < -0.3 is 14.5 Å². The maximum Gasteiger partial charge on any atom is 3.00 e. The van der Waals surface area contributed by atoms with E-state index in [4.69, 9.17) is 0 Å². The summed E-state index contributed by atoms with van der Waals surface area (Å²) in [6.45, 7) is 9.09. The average Bonchev–Trinajstić information content (AvgIpc) is 3.47. The molecule has 5 heteroatoms. The minimum absolute atomic E-state index is 0. The minimum Gasteiger partial charge on any atom is -0.390 e. The summed E-state index contributed by atoms with van der Waals surface area (Å²) in [4.78, 5) is 6.51. The number of pyridine rings is 1. The van der Waals surface area contributed by atoms with Crippen molar-refractivity contribution in [3.8, 4) is 22.6 Å². The Hall–Kier alpha value is -4.57. The minimum atomic E-state index is 0. The number of nitrogens with zero attached hydrogens (tertiary/aromatic N) is 4. The number of hydrogen-bond acceptors (Lipinski definition) is 2. The Labute approximate surface area is 285 Å². The fraction of sp³-hybridized carbons (Fsp3) is 0.171. The van der Waals surface area contributed by atoms with Gasteiger partial charge in [-0.05, 0) is 46.5 Å². The van der Waals surface area contributed by atoms with Gasteiger partial charge in [-0.25, -0.2) is 0 Å². The first kappa shape index (κ1) is 31.4. The number of anilines is 2. The first-order valence-electron chi connectivity index (χ1n) is 15.6. The van der Waals surface area contributed by atoms with Crippen molar-refractivity contribution >= 4 is 33.2 Å². The SMILES string of the molecule is CC(C)c1cccc(C(C)C)c1-n1[c-][n+]2c3c(cccc31)N(C)c1cc3ccccc3[c-]c1-2.[Ir+3].[c-]1ccccc1-c1ccccn1.